The fourth-order valence-corrected chi connectivity index (χ4v) is 2.89. The Morgan fingerprint density at radius 1 is 1.27 bits per heavy atom. The average molecular weight is 372 g/mol. The van der Waals surface area contributed by atoms with E-state index >= 15 is 0 Å². The van der Waals surface area contributed by atoms with Crippen molar-refractivity contribution in [2.45, 2.75) is 13.0 Å². The molecule has 0 saturated carbocycles. The lowest BCUT2D eigenvalue weighted by Crippen LogP contribution is -2.35. The highest BCUT2D eigenvalue weighted by atomic mass is 35.5. The Kier molecular flexibility index (Phi) is 5.54. The average Bonchev–Trinajstić information content (AvgIpc) is 3.00. The fourth-order valence-electron chi connectivity index (χ4n) is 2.77. The van der Waals surface area contributed by atoms with Crippen molar-refractivity contribution >= 4 is 28.7 Å². The van der Waals surface area contributed by atoms with Gasteiger partial charge in [0.15, 0.2) is 5.65 Å². The second kappa shape index (κ2) is 7.85. The SMILES string of the molecule is C[C@@H](C(=O)NCCN(C)C)n1c(-c2ccc(Cl)cc2)nc2cccnc21. The first kappa shape index (κ1) is 18.4. The smallest absolute Gasteiger partial charge is 0.242 e. The Balaban J connectivity index is 1.99. The molecule has 2 aromatic heterocycles. The van der Waals surface area contributed by atoms with Crippen LogP contribution in [0.4, 0.5) is 0 Å². The van der Waals surface area contributed by atoms with E-state index in [9.17, 15) is 4.79 Å². The summed E-state index contributed by atoms with van der Waals surface area (Å²) in [6.45, 7) is 3.23. The van der Waals surface area contributed by atoms with Crippen LogP contribution in [0.5, 0.6) is 0 Å². The quantitative estimate of drug-likeness (QED) is 0.723. The van der Waals surface area contributed by atoms with Crippen molar-refractivity contribution in [2.75, 3.05) is 27.2 Å². The lowest BCUT2D eigenvalue weighted by atomic mass is 10.2. The number of nitrogens with one attached hydrogen (secondary N) is 1. The number of fused-ring (bicyclic) bond motifs is 1. The number of likely N-dealkylation sites (N-methyl/N-ethyl adjacent to an activating group) is 1. The predicted molar refractivity (Wildman–Crippen MR) is 104 cm³/mol. The molecule has 0 spiro atoms. The van der Waals surface area contributed by atoms with E-state index in [2.05, 4.69) is 10.3 Å². The minimum absolute atomic E-state index is 0.0629. The van der Waals surface area contributed by atoms with Gasteiger partial charge in [-0.05, 0) is 57.4 Å². The van der Waals surface area contributed by atoms with Gasteiger partial charge in [0.1, 0.15) is 17.4 Å². The third kappa shape index (κ3) is 3.86. The number of imidazole rings is 1. The Labute approximate surface area is 157 Å². The molecule has 6 nitrogen and oxygen atoms in total. The number of nitrogens with zero attached hydrogens (tertiary/aromatic N) is 4. The van der Waals surface area contributed by atoms with Gasteiger partial charge in [-0.3, -0.25) is 9.36 Å². The van der Waals surface area contributed by atoms with Gasteiger partial charge in [-0.2, -0.15) is 0 Å². The third-order valence-electron chi connectivity index (χ3n) is 4.18. The van der Waals surface area contributed by atoms with Crippen LogP contribution in [0.2, 0.25) is 5.02 Å². The van der Waals surface area contributed by atoms with E-state index in [0.717, 1.165) is 17.6 Å². The highest BCUT2D eigenvalue weighted by Crippen LogP contribution is 2.28. The van der Waals surface area contributed by atoms with Crippen LogP contribution in [0.15, 0.2) is 42.6 Å². The number of hydrogen-bond donors (Lipinski definition) is 1. The number of pyridine rings is 1. The molecule has 3 aromatic rings. The van der Waals surface area contributed by atoms with Crippen molar-refractivity contribution in [2.24, 2.45) is 0 Å². The number of halogens is 1. The monoisotopic (exact) mass is 371 g/mol. The minimum atomic E-state index is -0.442. The summed E-state index contributed by atoms with van der Waals surface area (Å²) in [6, 6.07) is 10.7. The molecule has 0 aliphatic carbocycles. The summed E-state index contributed by atoms with van der Waals surface area (Å²) in [7, 11) is 3.95. The molecule has 136 valence electrons. The number of benzene rings is 1. The molecule has 0 aliphatic heterocycles. The second-order valence-electron chi connectivity index (χ2n) is 6.43. The largest absolute Gasteiger partial charge is 0.353 e. The highest BCUT2D eigenvalue weighted by Gasteiger charge is 2.23. The third-order valence-corrected chi connectivity index (χ3v) is 4.43. The summed E-state index contributed by atoms with van der Waals surface area (Å²) < 4.78 is 1.88. The summed E-state index contributed by atoms with van der Waals surface area (Å²) in [5.41, 5.74) is 2.33. The topological polar surface area (TPSA) is 63.1 Å². The van der Waals surface area contributed by atoms with Crippen LogP contribution in [0.25, 0.3) is 22.6 Å². The van der Waals surface area contributed by atoms with Gasteiger partial charge in [-0.25, -0.2) is 9.97 Å². The number of aromatic nitrogens is 3. The van der Waals surface area contributed by atoms with Gasteiger partial charge < -0.3 is 10.2 Å². The Morgan fingerprint density at radius 3 is 2.69 bits per heavy atom. The zero-order valence-electron chi connectivity index (χ0n) is 15.1. The van der Waals surface area contributed by atoms with Crippen LogP contribution in [0.3, 0.4) is 0 Å². The van der Waals surface area contributed by atoms with Crippen LogP contribution < -0.4 is 5.32 Å². The molecule has 0 fully saturated rings. The first-order valence-corrected chi connectivity index (χ1v) is 8.86. The molecule has 0 unspecified atom stereocenters. The van der Waals surface area contributed by atoms with Gasteiger partial charge in [0, 0.05) is 29.9 Å². The van der Waals surface area contributed by atoms with Gasteiger partial charge >= 0.3 is 0 Å². The van der Waals surface area contributed by atoms with E-state index in [4.69, 9.17) is 16.6 Å². The van der Waals surface area contributed by atoms with Crippen LogP contribution >= 0.6 is 11.6 Å². The van der Waals surface area contributed by atoms with Crippen molar-refractivity contribution in [3.8, 4) is 11.4 Å². The number of carbonyl (C=O) groups excluding carboxylic acids is 1. The molecule has 1 N–H and O–H groups in total. The van der Waals surface area contributed by atoms with Gasteiger partial charge in [0.05, 0.1) is 0 Å². The molecule has 26 heavy (non-hydrogen) atoms. The Morgan fingerprint density at radius 2 is 2.00 bits per heavy atom. The van der Waals surface area contributed by atoms with Gasteiger partial charge in [-0.1, -0.05) is 11.6 Å². The number of rotatable bonds is 6. The zero-order chi connectivity index (χ0) is 18.7. The van der Waals surface area contributed by atoms with Crippen LogP contribution in [0.1, 0.15) is 13.0 Å². The van der Waals surface area contributed by atoms with Crippen molar-refractivity contribution in [3.63, 3.8) is 0 Å². The number of amides is 1. The molecule has 1 atom stereocenters. The van der Waals surface area contributed by atoms with Crippen LogP contribution in [-0.4, -0.2) is 52.5 Å². The summed E-state index contributed by atoms with van der Waals surface area (Å²) in [6.07, 6.45) is 1.71. The molecule has 7 heteroatoms. The molecule has 2 heterocycles. The molecule has 0 bridgehead atoms. The number of hydrogen-bond acceptors (Lipinski definition) is 4. The highest BCUT2D eigenvalue weighted by molar-refractivity contribution is 6.30. The lowest BCUT2D eigenvalue weighted by Gasteiger charge is -2.18. The molecule has 1 aromatic carbocycles. The molecule has 0 aliphatic rings. The predicted octanol–water partition coefficient (Wildman–Crippen LogP) is 2.99. The summed E-state index contributed by atoms with van der Waals surface area (Å²) in [4.78, 5) is 23.8. The van der Waals surface area contributed by atoms with Crippen molar-refractivity contribution < 1.29 is 4.79 Å². The van der Waals surface area contributed by atoms with Crippen LogP contribution in [0, 0.1) is 0 Å². The molecular formula is C19H22ClN5O. The first-order valence-electron chi connectivity index (χ1n) is 8.48. The normalized spacial score (nSPS) is 12.5. The van der Waals surface area contributed by atoms with E-state index in [1.54, 1.807) is 6.20 Å². The minimum Gasteiger partial charge on any atom is -0.353 e. The second-order valence-corrected chi connectivity index (χ2v) is 6.87. The Bertz CT molecular complexity index is 904. The van der Waals surface area contributed by atoms with Crippen molar-refractivity contribution in [1.82, 2.24) is 24.8 Å². The molecule has 3 rings (SSSR count). The van der Waals surface area contributed by atoms with Gasteiger partial charge in [-0.15, -0.1) is 0 Å². The maximum Gasteiger partial charge on any atom is 0.242 e. The standard InChI is InChI=1S/C19H22ClN5O/c1-13(19(26)22-11-12-24(2)3)25-17(14-6-8-15(20)9-7-14)23-16-5-4-10-21-18(16)25/h4-10,13H,11-12H2,1-3H3,(H,22,26)/t13-/m0/s1. The van der Waals surface area contributed by atoms with Gasteiger partial charge in [0.25, 0.3) is 0 Å². The molecule has 1 amide bonds. The van der Waals surface area contributed by atoms with Crippen molar-refractivity contribution in [1.29, 1.82) is 0 Å². The lowest BCUT2D eigenvalue weighted by molar-refractivity contribution is -0.123. The summed E-state index contributed by atoms with van der Waals surface area (Å²) in [5.74, 6) is 0.637. The summed E-state index contributed by atoms with van der Waals surface area (Å²) in [5, 5.41) is 3.63. The van der Waals surface area contributed by atoms with E-state index in [0.29, 0.717) is 23.0 Å². The molecule has 0 radical (unpaired) electrons. The maximum absolute atomic E-state index is 12.7. The number of carbonyl (C=O) groups is 1. The van der Waals surface area contributed by atoms with E-state index in [1.165, 1.54) is 0 Å². The summed E-state index contributed by atoms with van der Waals surface area (Å²) >= 11 is 6.01. The Hall–Kier alpha value is -2.44. The zero-order valence-corrected chi connectivity index (χ0v) is 15.9. The fraction of sp³-hybridized carbons (Fsp3) is 0.316. The molecular weight excluding hydrogens is 350 g/mol. The van der Waals surface area contributed by atoms with E-state index in [-0.39, 0.29) is 5.91 Å². The first-order chi connectivity index (χ1) is 12.5. The van der Waals surface area contributed by atoms with Crippen LogP contribution in [-0.2, 0) is 4.79 Å². The van der Waals surface area contributed by atoms with E-state index < -0.39 is 6.04 Å². The van der Waals surface area contributed by atoms with Crippen molar-refractivity contribution in [3.05, 3.63) is 47.6 Å². The van der Waals surface area contributed by atoms with Gasteiger partial charge in [0.2, 0.25) is 5.91 Å². The molecule has 0 saturated heterocycles. The maximum atomic E-state index is 12.7. The van der Waals surface area contributed by atoms with E-state index in [1.807, 2.05) is 66.9 Å².